The molecular formula is C17H20BrN3OS. The van der Waals surface area contributed by atoms with Crippen molar-refractivity contribution >= 4 is 38.3 Å². The van der Waals surface area contributed by atoms with E-state index in [9.17, 15) is 4.79 Å². The smallest absolute Gasteiger partial charge is 0.258 e. The number of hydrogen-bond donors (Lipinski definition) is 1. The Morgan fingerprint density at radius 1 is 1.43 bits per heavy atom. The molecule has 23 heavy (non-hydrogen) atoms. The normalized spacial score (nSPS) is 18.8. The van der Waals surface area contributed by atoms with E-state index in [-0.39, 0.29) is 5.91 Å². The predicted octanol–water partition coefficient (Wildman–Crippen LogP) is 4.53. The Morgan fingerprint density at radius 3 is 3.04 bits per heavy atom. The molecule has 0 spiro atoms. The molecule has 1 N–H and O–H groups in total. The number of aromatic nitrogens is 1. The quantitative estimate of drug-likeness (QED) is 0.829. The largest absolute Gasteiger partial charge is 0.298 e. The summed E-state index contributed by atoms with van der Waals surface area (Å²) in [7, 11) is 0. The van der Waals surface area contributed by atoms with Crippen LogP contribution in [0.15, 0.2) is 34.9 Å². The van der Waals surface area contributed by atoms with Crippen molar-refractivity contribution in [1.29, 1.82) is 0 Å². The van der Waals surface area contributed by atoms with Crippen LogP contribution in [0.5, 0.6) is 0 Å². The molecule has 1 aromatic heterocycles. The molecule has 1 unspecified atom stereocenters. The molecule has 6 heteroatoms. The topological polar surface area (TPSA) is 45.2 Å². The van der Waals surface area contributed by atoms with Gasteiger partial charge in [-0.2, -0.15) is 0 Å². The van der Waals surface area contributed by atoms with Gasteiger partial charge in [0.15, 0.2) is 5.13 Å². The van der Waals surface area contributed by atoms with Gasteiger partial charge < -0.3 is 0 Å². The lowest BCUT2D eigenvalue weighted by atomic mass is 10.0. The Balaban J connectivity index is 1.63. The van der Waals surface area contributed by atoms with Crippen LogP contribution in [0.3, 0.4) is 0 Å². The van der Waals surface area contributed by atoms with E-state index in [0.29, 0.717) is 16.7 Å². The number of amides is 1. The molecule has 1 aliphatic heterocycles. The Morgan fingerprint density at radius 2 is 2.26 bits per heavy atom. The molecule has 1 atom stereocenters. The van der Waals surface area contributed by atoms with Gasteiger partial charge in [-0.1, -0.05) is 18.6 Å². The zero-order valence-corrected chi connectivity index (χ0v) is 15.5. The van der Waals surface area contributed by atoms with Gasteiger partial charge in [0.05, 0.1) is 5.56 Å². The van der Waals surface area contributed by atoms with Crippen molar-refractivity contribution in [1.82, 2.24) is 9.88 Å². The number of carbonyl (C=O) groups excluding carboxylic acids is 1. The zero-order valence-electron chi connectivity index (χ0n) is 13.1. The summed E-state index contributed by atoms with van der Waals surface area (Å²) in [4.78, 5) is 20.3. The van der Waals surface area contributed by atoms with Crippen molar-refractivity contribution in [2.24, 2.45) is 0 Å². The first-order valence-corrected chi connectivity index (χ1v) is 9.49. The summed E-state index contributed by atoms with van der Waals surface area (Å²) in [6, 6.07) is 8.03. The van der Waals surface area contributed by atoms with E-state index in [1.807, 2.05) is 24.4 Å². The summed E-state index contributed by atoms with van der Waals surface area (Å²) < 4.78 is 0.788. The van der Waals surface area contributed by atoms with Gasteiger partial charge in [-0.05, 0) is 54.4 Å². The van der Waals surface area contributed by atoms with Gasteiger partial charge in [0.2, 0.25) is 0 Å². The molecule has 0 radical (unpaired) electrons. The predicted molar refractivity (Wildman–Crippen MR) is 97.9 cm³/mol. The van der Waals surface area contributed by atoms with Crippen LogP contribution in [-0.4, -0.2) is 28.4 Å². The number of carbonyl (C=O) groups is 1. The second-order valence-corrected chi connectivity index (χ2v) is 7.85. The van der Waals surface area contributed by atoms with Crippen LogP contribution in [0, 0.1) is 0 Å². The second kappa shape index (κ2) is 7.55. The summed E-state index contributed by atoms with van der Waals surface area (Å²) in [5.41, 5.74) is 0.619. The highest BCUT2D eigenvalue weighted by Crippen LogP contribution is 2.25. The number of nitrogens with zero attached hydrogens (tertiary/aromatic N) is 2. The number of likely N-dealkylation sites (tertiary alicyclic amines) is 1. The van der Waals surface area contributed by atoms with E-state index < -0.39 is 0 Å². The summed E-state index contributed by atoms with van der Waals surface area (Å²) >= 11 is 4.96. The van der Waals surface area contributed by atoms with Crippen LogP contribution in [0.1, 0.15) is 41.4 Å². The number of hydrogen-bond acceptors (Lipinski definition) is 4. The molecule has 1 amide bonds. The van der Waals surface area contributed by atoms with Gasteiger partial charge in [-0.3, -0.25) is 15.0 Å². The van der Waals surface area contributed by atoms with Crippen LogP contribution in [0.2, 0.25) is 0 Å². The molecule has 2 heterocycles. The Labute approximate surface area is 149 Å². The number of rotatable bonds is 4. The van der Waals surface area contributed by atoms with E-state index in [4.69, 9.17) is 0 Å². The van der Waals surface area contributed by atoms with Crippen molar-refractivity contribution in [3.8, 4) is 0 Å². The molecule has 122 valence electrons. The highest BCUT2D eigenvalue weighted by atomic mass is 79.9. The minimum absolute atomic E-state index is 0.135. The van der Waals surface area contributed by atoms with Crippen LogP contribution in [0.25, 0.3) is 0 Å². The summed E-state index contributed by atoms with van der Waals surface area (Å²) in [5.74, 6) is -0.135. The van der Waals surface area contributed by atoms with Crippen molar-refractivity contribution in [2.45, 2.75) is 38.8 Å². The fraction of sp³-hybridized carbons (Fsp3) is 0.412. The van der Waals surface area contributed by atoms with Gasteiger partial charge in [0, 0.05) is 28.1 Å². The number of halogens is 1. The van der Waals surface area contributed by atoms with Crippen LogP contribution >= 0.6 is 27.3 Å². The number of nitrogens with one attached hydrogen (secondary N) is 1. The maximum Gasteiger partial charge on any atom is 0.258 e. The highest BCUT2D eigenvalue weighted by molar-refractivity contribution is 9.10. The monoisotopic (exact) mass is 393 g/mol. The molecular weight excluding hydrogens is 374 g/mol. The number of thiazole rings is 1. The van der Waals surface area contributed by atoms with Gasteiger partial charge in [-0.25, -0.2) is 4.98 Å². The average Bonchev–Trinajstić information content (AvgIpc) is 2.97. The summed E-state index contributed by atoms with van der Waals surface area (Å²) in [6.45, 7) is 4.36. The van der Waals surface area contributed by atoms with Crippen LogP contribution in [0.4, 0.5) is 5.13 Å². The van der Waals surface area contributed by atoms with Crippen molar-refractivity contribution in [3.63, 3.8) is 0 Å². The van der Waals surface area contributed by atoms with Gasteiger partial charge >= 0.3 is 0 Å². The lowest BCUT2D eigenvalue weighted by Crippen LogP contribution is -2.36. The highest BCUT2D eigenvalue weighted by Gasteiger charge is 2.19. The zero-order chi connectivity index (χ0) is 16.2. The molecule has 0 aliphatic carbocycles. The Hall–Kier alpha value is -1.24. The van der Waals surface area contributed by atoms with Crippen LogP contribution in [-0.2, 0) is 6.54 Å². The molecule has 0 saturated carbocycles. The minimum Gasteiger partial charge on any atom is -0.298 e. The van der Waals surface area contributed by atoms with Crippen molar-refractivity contribution < 1.29 is 4.79 Å². The third-order valence-corrected chi connectivity index (χ3v) is 5.78. The van der Waals surface area contributed by atoms with E-state index in [1.165, 1.54) is 24.1 Å². The maximum absolute atomic E-state index is 12.3. The average molecular weight is 394 g/mol. The third-order valence-electron chi connectivity index (χ3n) is 4.19. The lowest BCUT2D eigenvalue weighted by molar-refractivity contribution is 0.102. The third kappa shape index (κ3) is 4.19. The molecule has 3 rings (SSSR count). The first kappa shape index (κ1) is 16.6. The first-order valence-electron chi connectivity index (χ1n) is 7.88. The number of anilines is 1. The van der Waals surface area contributed by atoms with Crippen molar-refractivity contribution in [3.05, 3.63) is 45.4 Å². The lowest BCUT2D eigenvalue weighted by Gasteiger charge is -2.32. The number of piperidine rings is 1. The summed E-state index contributed by atoms with van der Waals surface area (Å²) in [6.07, 6.45) is 5.74. The molecule has 1 saturated heterocycles. The van der Waals surface area contributed by atoms with Gasteiger partial charge in [0.1, 0.15) is 0 Å². The Kier molecular flexibility index (Phi) is 5.46. The van der Waals surface area contributed by atoms with E-state index >= 15 is 0 Å². The molecule has 1 fully saturated rings. The van der Waals surface area contributed by atoms with Gasteiger partial charge in [-0.15, -0.1) is 11.3 Å². The standard InChI is InChI=1S/C17H20BrN3OS/c1-12-6-4-5-9-21(12)11-13-10-19-17(23-13)20-16(22)14-7-2-3-8-15(14)18/h2-3,7-8,10,12H,4-6,9,11H2,1H3,(H,19,20,22). The maximum atomic E-state index is 12.3. The first-order chi connectivity index (χ1) is 11.1. The fourth-order valence-corrected chi connectivity index (χ4v) is 4.14. The SMILES string of the molecule is CC1CCCCN1Cc1cnc(NC(=O)c2ccccc2Br)s1. The fourth-order valence-electron chi connectivity index (χ4n) is 2.84. The second-order valence-electron chi connectivity index (χ2n) is 5.88. The number of benzene rings is 1. The van der Waals surface area contributed by atoms with Crippen LogP contribution < -0.4 is 5.32 Å². The van der Waals surface area contributed by atoms with Crippen molar-refractivity contribution in [2.75, 3.05) is 11.9 Å². The molecule has 4 nitrogen and oxygen atoms in total. The molecule has 2 aromatic rings. The van der Waals surface area contributed by atoms with E-state index in [0.717, 1.165) is 17.6 Å². The summed E-state index contributed by atoms with van der Waals surface area (Å²) in [5, 5.41) is 3.55. The van der Waals surface area contributed by atoms with E-state index in [2.05, 4.69) is 38.1 Å². The Bertz CT molecular complexity index is 688. The van der Waals surface area contributed by atoms with E-state index in [1.54, 1.807) is 17.4 Å². The van der Waals surface area contributed by atoms with Gasteiger partial charge in [0.25, 0.3) is 5.91 Å². The molecule has 1 aliphatic rings. The molecule has 0 bridgehead atoms. The molecule has 1 aromatic carbocycles. The minimum atomic E-state index is -0.135.